The summed E-state index contributed by atoms with van der Waals surface area (Å²) in [6, 6.07) is 0. The lowest BCUT2D eigenvalue weighted by atomic mass is 10.3. The average molecular weight is 123 g/mol. The van der Waals surface area contributed by atoms with Gasteiger partial charge in [-0.05, 0) is 12.5 Å². The Hall–Kier alpha value is -1.12. The van der Waals surface area contributed by atoms with E-state index in [9.17, 15) is 0 Å². The van der Waals surface area contributed by atoms with E-state index in [-0.39, 0.29) is 0 Å². The molecule has 0 saturated heterocycles. The van der Waals surface area contributed by atoms with Gasteiger partial charge in [0.1, 0.15) is 0 Å². The summed E-state index contributed by atoms with van der Waals surface area (Å²) in [5.41, 5.74) is 1.97. The molecule has 48 valence electrons. The number of aromatic nitrogens is 3. The van der Waals surface area contributed by atoms with Crippen molar-refractivity contribution in [1.82, 2.24) is 15.0 Å². The zero-order chi connectivity index (χ0) is 6.85. The second-order valence-electron chi connectivity index (χ2n) is 2.02. The first-order valence-corrected chi connectivity index (χ1v) is 2.72. The maximum absolute atomic E-state index is 3.76. The van der Waals surface area contributed by atoms with Gasteiger partial charge in [0.05, 0.1) is 11.9 Å². The van der Waals surface area contributed by atoms with E-state index in [0.29, 0.717) is 0 Å². The van der Waals surface area contributed by atoms with Crippen LogP contribution in [0.1, 0.15) is 12.6 Å². The summed E-state index contributed by atoms with van der Waals surface area (Å²) in [6.07, 6.45) is 1.70. The van der Waals surface area contributed by atoms with E-state index in [1.165, 1.54) is 0 Å². The van der Waals surface area contributed by atoms with Crippen molar-refractivity contribution in [2.75, 3.05) is 0 Å². The van der Waals surface area contributed by atoms with Crippen molar-refractivity contribution >= 4 is 5.57 Å². The molecule has 0 bridgehead atoms. The maximum Gasteiger partial charge on any atom is 0.0833 e. The van der Waals surface area contributed by atoms with Gasteiger partial charge < -0.3 is 0 Å². The predicted molar refractivity (Wildman–Crippen MR) is 35.7 cm³/mol. The Bertz CT molecular complexity index is 224. The summed E-state index contributed by atoms with van der Waals surface area (Å²) < 4.78 is 1.70. The quantitative estimate of drug-likeness (QED) is 0.554. The average Bonchev–Trinajstić information content (AvgIpc) is 2.13. The van der Waals surface area contributed by atoms with Gasteiger partial charge in [0.15, 0.2) is 0 Å². The maximum atomic E-state index is 3.76. The molecule has 0 radical (unpaired) electrons. The van der Waals surface area contributed by atoms with Gasteiger partial charge in [0.25, 0.3) is 0 Å². The van der Waals surface area contributed by atoms with Gasteiger partial charge in [-0.1, -0.05) is 11.8 Å². The molecule has 0 fully saturated rings. The molecular weight excluding hydrogens is 114 g/mol. The van der Waals surface area contributed by atoms with Gasteiger partial charge in [-0.3, -0.25) is 0 Å². The third-order valence-corrected chi connectivity index (χ3v) is 1.15. The largest absolute Gasteiger partial charge is 0.248 e. The van der Waals surface area contributed by atoms with E-state index < -0.39 is 0 Å². The Morgan fingerprint density at radius 2 is 2.44 bits per heavy atom. The highest BCUT2D eigenvalue weighted by atomic mass is 15.4. The summed E-state index contributed by atoms with van der Waals surface area (Å²) in [4.78, 5) is 0. The van der Waals surface area contributed by atoms with Crippen LogP contribution in [0.4, 0.5) is 0 Å². The Kier molecular flexibility index (Phi) is 1.34. The Morgan fingerprint density at radius 3 is 2.67 bits per heavy atom. The molecule has 1 rings (SSSR count). The van der Waals surface area contributed by atoms with E-state index >= 15 is 0 Å². The highest BCUT2D eigenvalue weighted by Gasteiger charge is 1.96. The minimum absolute atomic E-state index is 0.981. The SMILES string of the molecule is C=C(C)c1cnnn1C. The predicted octanol–water partition coefficient (Wildman–Crippen LogP) is 0.848. The fraction of sp³-hybridized carbons (Fsp3) is 0.333. The normalized spacial score (nSPS) is 9.56. The molecule has 0 spiro atoms. The van der Waals surface area contributed by atoms with Crippen LogP contribution in [-0.4, -0.2) is 15.0 Å². The lowest BCUT2D eigenvalue weighted by Crippen LogP contribution is -1.94. The number of aryl methyl sites for hydroxylation is 1. The second kappa shape index (κ2) is 2.01. The van der Waals surface area contributed by atoms with Crippen LogP contribution in [0.25, 0.3) is 5.57 Å². The van der Waals surface area contributed by atoms with E-state index in [2.05, 4.69) is 16.9 Å². The van der Waals surface area contributed by atoms with E-state index in [1.54, 1.807) is 10.9 Å². The fourth-order valence-electron chi connectivity index (χ4n) is 0.676. The molecule has 3 heteroatoms. The lowest BCUT2D eigenvalue weighted by Gasteiger charge is -1.94. The number of allylic oxidation sites excluding steroid dienone is 1. The molecule has 0 atom stereocenters. The van der Waals surface area contributed by atoms with Crippen LogP contribution < -0.4 is 0 Å². The molecule has 3 nitrogen and oxygen atoms in total. The molecule has 1 aromatic rings. The monoisotopic (exact) mass is 123 g/mol. The Labute approximate surface area is 54.0 Å². The van der Waals surface area contributed by atoms with Gasteiger partial charge >= 0.3 is 0 Å². The summed E-state index contributed by atoms with van der Waals surface area (Å²) in [5.74, 6) is 0. The lowest BCUT2D eigenvalue weighted by molar-refractivity contribution is 0.707. The molecule has 0 aliphatic rings. The van der Waals surface area contributed by atoms with E-state index in [4.69, 9.17) is 0 Å². The first-order valence-electron chi connectivity index (χ1n) is 2.72. The molecule has 0 aromatic carbocycles. The van der Waals surface area contributed by atoms with Gasteiger partial charge in [-0.15, -0.1) is 5.10 Å². The van der Waals surface area contributed by atoms with Crippen LogP contribution >= 0.6 is 0 Å². The Morgan fingerprint density at radius 1 is 1.78 bits per heavy atom. The second-order valence-corrected chi connectivity index (χ2v) is 2.02. The van der Waals surface area contributed by atoms with Crippen molar-refractivity contribution in [2.45, 2.75) is 6.92 Å². The highest BCUT2D eigenvalue weighted by molar-refractivity contribution is 5.56. The third kappa shape index (κ3) is 0.988. The zero-order valence-electron chi connectivity index (χ0n) is 5.63. The van der Waals surface area contributed by atoms with Crippen LogP contribution in [0, 0.1) is 0 Å². The first kappa shape index (κ1) is 6.01. The summed E-state index contributed by atoms with van der Waals surface area (Å²) in [5, 5.41) is 7.44. The van der Waals surface area contributed by atoms with Crippen LogP contribution in [-0.2, 0) is 7.05 Å². The number of hydrogen-bond donors (Lipinski definition) is 0. The van der Waals surface area contributed by atoms with Crippen LogP contribution in [0.3, 0.4) is 0 Å². The fourth-order valence-corrected chi connectivity index (χ4v) is 0.676. The Balaban J connectivity index is 3.08. The minimum Gasteiger partial charge on any atom is -0.248 e. The van der Waals surface area contributed by atoms with Gasteiger partial charge in [-0.2, -0.15) is 0 Å². The standard InChI is InChI=1S/C6H9N3/c1-5(2)6-4-7-8-9(6)3/h4H,1H2,2-3H3. The van der Waals surface area contributed by atoms with Crippen LogP contribution in [0.2, 0.25) is 0 Å². The molecule has 1 aromatic heterocycles. The minimum atomic E-state index is 0.981. The van der Waals surface area contributed by atoms with Crippen molar-refractivity contribution in [2.24, 2.45) is 7.05 Å². The summed E-state index contributed by atoms with van der Waals surface area (Å²) >= 11 is 0. The zero-order valence-corrected chi connectivity index (χ0v) is 5.63. The summed E-state index contributed by atoms with van der Waals surface area (Å²) in [7, 11) is 1.84. The first-order chi connectivity index (χ1) is 4.22. The van der Waals surface area contributed by atoms with E-state index in [1.807, 2.05) is 14.0 Å². The number of rotatable bonds is 1. The number of hydrogen-bond acceptors (Lipinski definition) is 2. The van der Waals surface area contributed by atoms with Crippen molar-refractivity contribution in [1.29, 1.82) is 0 Å². The molecule has 0 amide bonds. The number of nitrogens with zero attached hydrogens (tertiary/aromatic N) is 3. The van der Waals surface area contributed by atoms with Gasteiger partial charge in [0, 0.05) is 7.05 Å². The van der Waals surface area contributed by atoms with Crippen LogP contribution in [0.5, 0.6) is 0 Å². The van der Waals surface area contributed by atoms with Crippen molar-refractivity contribution < 1.29 is 0 Å². The molecule has 0 N–H and O–H groups in total. The van der Waals surface area contributed by atoms with Crippen LogP contribution in [0.15, 0.2) is 12.8 Å². The topological polar surface area (TPSA) is 30.7 Å². The summed E-state index contributed by atoms with van der Waals surface area (Å²) in [6.45, 7) is 5.69. The van der Waals surface area contributed by atoms with Crippen molar-refractivity contribution in [3.05, 3.63) is 18.5 Å². The van der Waals surface area contributed by atoms with E-state index in [0.717, 1.165) is 11.3 Å². The molecule has 0 aliphatic heterocycles. The molecule has 0 unspecified atom stereocenters. The molecule has 0 saturated carbocycles. The third-order valence-electron chi connectivity index (χ3n) is 1.15. The van der Waals surface area contributed by atoms with Crippen molar-refractivity contribution in [3.63, 3.8) is 0 Å². The molecular formula is C6H9N3. The van der Waals surface area contributed by atoms with Crippen molar-refractivity contribution in [3.8, 4) is 0 Å². The smallest absolute Gasteiger partial charge is 0.0833 e. The van der Waals surface area contributed by atoms with Gasteiger partial charge in [-0.25, -0.2) is 4.68 Å². The molecule has 9 heavy (non-hydrogen) atoms. The highest BCUT2D eigenvalue weighted by Crippen LogP contribution is 2.05. The van der Waals surface area contributed by atoms with Gasteiger partial charge in [0.2, 0.25) is 0 Å². The molecule has 0 aliphatic carbocycles. The molecule has 1 heterocycles.